The fourth-order valence-electron chi connectivity index (χ4n) is 3.85. The molecule has 0 saturated heterocycles. The van der Waals surface area contributed by atoms with Crippen molar-refractivity contribution in [3.05, 3.63) is 132 Å². The lowest BCUT2D eigenvalue weighted by Gasteiger charge is -2.24. The van der Waals surface area contributed by atoms with Crippen molar-refractivity contribution < 1.29 is 9.59 Å². The van der Waals surface area contributed by atoms with E-state index in [2.05, 4.69) is 10.6 Å². The molecular weight excluding hydrogens is 422 g/mol. The average Bonchev–Trinajstić information content (AvgIpc) is 2.89. The fourth-order valence-corrected chi connectivity index (χ4v) is 3.85. The number of para-hydroxylation sites is 2. The van der Waals surface area contributed by atoms with E-state index in [9.17, 15) is 9.59 Å². The zero-order valence-corrected chi connectivity index (χ0v) is 18.8. The van der Waals surface area contributed by atoms with Crippen molar-refractivity contribution in [1.29, 1.82) is 0 Å². The van der Waals surface area contributed by atoms with E-state index in [4.69, 9.17) is 0 Å². The van der Waals surface area contributed by atoms with Crippen LogP contribution in [0.25, 0.3) is 0 Å². The number of amides is 3. The molecule has 0 radical (unpaired) electrons. The molecule has 170 valence electrons. The van der Waals surface area contributed by atoms with Crippen molar-refractivity contribution in [2.75, 3.05) is 23.3 Å². The number of hydrogen-bond donors (Lipinski definition) is 2. The van der Waals surface area contributed by atoms with Crippen molar-refractivity contribution in [2.24, 2.45) is 0 Å². The average molecular weight is 450 g/mol. The highest BCUT2D eigenvalue weighted by Crippen LogP contribution is 2.24. The number of benzene rings is 4. The number of carbonyl (C=O) groups excluding carboxylic acids is 2. The van der Waals surface area contributed by atoms with Gasteiger partial charge in [-0.3, -0.25) is 9.69 Å². The minimum absolute atomic E-state index is 0.103. The number of carbonyl (C=O) groups is 2. The summed E-state index contributed by atoms with van der Waals surface area (Å²) in [5.41, 5.74) is 3.32. The van der Waals surface area contributed by atoms with E-state index >= 15 is 0 Å². The maximum atomic E-state index is 13.3. The summed E-state index contributed by atoms with van der Waals surface area (Å²) >= 11 is 0. The molecule has 0 aliphatic carbocycles. The normalized spacial score (nSPS) is 10.5. The van der Waals surface area contributed by atoms with Gasteiger partial charge in [0.15, 0.2) is 0 Å². The number of hydrogen-bond acceptors (Lipinski definition) is 2. The highest BCUT2D eigenvalue weighted by Gasteiger charge is 2.23. The first kappa shape index (κ1) is 22.8. The van der Waals surface area contributed by atoms with Gasteiger partial charge in [-0.05, 0) is 35.4 Å². The van der Waals surface area contributed by atoms with E-state index in [1.54, 1.807) is 4.90 Å². The van der Waals surface area contributed by atoms with Crippen molar-refractivity contribution in [3.63, 3.8) is 0 Å². The molecule has 3 amide bonds. The Morgan fingerprint density at radius 3 is 1.65 bits per heavy atom. The quantitative estimate of drug-likeness (QED) is 0.364. The van der Waals surface area contributed by atoms with Gasteiger partial charge in [0.05, 0.1) is 5.92 Å². The third-order valence-corrected chi connectivity index (χ3v) is 5.50. The van der Waals surface area contributed by atoms with Crippen molar-refractivity contribution in [2.45, 2.75) is 5.92 Å². The Morgan fingerprint density at radius 1 is 0.647 bits per heavy atom. The third-order valence-electron chi connectivity index (χ3n) is 5.50. The van der Waals surface area contributed by atoms with Crippen LogP contribution in [-0.4, -0.2) is 25.0 Å². The van der Waals surface area contributed by atoms with E-state index < -0.39 is 5.92 Å². The highest BCUT2D eigenvalue weighted by molar-refractivity contribution is 6.01. The zero-order valence-electron chi connectivity index (χ0n) is 18.8. The van der Waals surface area contributed by atoms with Gasteiger partial charge in [0.2, 0.25) is 5.91 Å². The van der Waals surface area contributed by atoms with Crippen molar-refractivity contribution >= 4 is 23.3 Å². The highest BCUT2D eigenvalue weighted by atomic mass is 16.2. The van der Waals surface area contributed by atoms with Crippen LogP contribution in [0.1, 0.15) is 17.0 Å². The lowest BCUT2D eigenvalue weighted by Crippen LogP contribution is -2.42. The Labute approximate surface area is 200 Å². The van der Waals surface area contributed by atoms with Crippen LogP contribution in [0.2, 0.25) is 0 Å². The van der Waals surface area contributed by atoms with E-state index in [1.165, 1.54) is 0 Å². The molecule has 0 aliphatic heterocycles. The van der Waals surface area contributed by atoms with E-state index in [0.29, 0.717) is 18.8 Å². The standard InChI is InChI=1S/C29H27N3O2/c33-28(27(23-13-5-1-6-14-23)24-15-7-2-8-16-24)30-21-22-32(26-19-11-4-12-20-26)29(34)31-25-17-9-3-10-18-25/h1-20,27H,21-22H2,(H,30,33)(H,31,34). The van der Waals surface area contributed by atoms with Gasteiger partial charge in [0, 0.05) is 24.5 Å². The second-order valence-corrected chi connectivity index (χ2v) is 7.83. The molecule has 4 aromatic carbocycles. The Kier molecular flexibility index (Phi) is 7.70. The van der Waals surface area contributed by atoms with Crippen LogP contribution in [0.4, 0.5) is 16.2 Å². The van der Waals surface area contributed by atoms with E-state index in [-0.39, 0.29) is 11.9 Å². The molecule has 0 fully saturated rings. The van der Waals surface area contributed by atoms with Gasteiger partial charge < -0.3 is 10.6 Å². The molecule has 5 nitrogen and oxygen atoms in total. The molecule has 4 aromatic rings. The number of anilines is 2. The summed E-state index contributed by atoms with van der Waals surface area (Å²) in [6, 6.07) is 37.9. The first-order chi connectivity index (χ1) is 16.7. The summed E-state index contributed by atoms with van der Waals surface area (Å²) in [7, 11) is 0. The predicted octanol–water partition coefficient (Wildman–Crippen LogP) is 5.67. The van der Waals surface area contributed by atoms with Crippen LogP contribution in [0.3, 0.4) is 0 Å². The summed E-state index contributed by atoms with van der Waals surface area (Å²) in [5, 5.41) is 5.97. The number of nitrogens with one attached hydrogen (secondary N) is 2. The smallest absolute Gasteiger partial charge is 0.326 e. The minimum atomic E-state index is -0.425. The Bertz CT molecular complexity index is 1140. The lowest BCUT2D eigenvalue weighted by molar-refractivity contribution is -0.121. The molecule has 2 N–H and O–H groups in total. The lowest BCUT2D eigenvalue weighted by atomic mass is 9.90. The van der Waals surface area contributed by atoms with Gasteiger partial charge in [0.1, 0.15) is 0 Å². The number of nitrogens with zero attached hydrogens (tertiary/aromatic N) is 1. The number of urea groups is 1. The second-order valence-electron chi connectivity index (χ2n) is 7.83. The predicted molar refractivity (Wildman–Crippen MR) is 137 cm³/mol. The summed E-state index contributed by atoms with van der Waals surface area (Å²) < 4.78 is 0. The zero-order chi connectivity index (χ0) is 23.6. The first-order valence-electron chi connectivity index (χ1n) is 11.3. The molecule has 0 spiro atoms. The molecule has 5 heteroatoms. The third kappa shape index (κ3) is 5.90. The molecule has 34 heavy (non-hydrogen) atoms. The fraction of sp³-hybridized carbons (Fsp3) is 0.103. The van der Waals surface area contributed by atoms with E-state index in [0.717, 1.165) is 16.8 Å². The summed E-state index contributed by atoms with van der Waals surface area (Å²) in [6.45, 7) is 0.636. The van der Waals surface area contributed by atoms with Crippen LogP contribution in [-0.2, 0) is 4.79 Å². The van der Waals surface area contributed by atoms with Crippen LogP contribution < -0.4 is 15.5 Å². The SMILES string of the molecule is O=C(NCCN(C(=O)Nc1ccccc1)c1ccccc1)C(c1ccccc1)c1ccccc1. The van der Waals surface area contributed by atoms with Gasteiger partial charge in [-0.1, -0.05) is 97.1 Å². The largest absolute Gasteiger partial charge is 0.353 e. The second kappa shape index (κ2) is 11.5. The van der Waals surface area contributed by atoms with Crippen molar-refractivity contribution in [1.82, 2.24) is 5.32 Å². The Balaban J connectivity index is 1.47. The Hall–Kier alpha value is -4.38. The molecular formula is C29H27N3O2. The van der Waals surface area contributed by atoms with Gasteiger partial charge in [-0.25, -0.2) is 4.79 Å². The van der Waals surface area contributed by atoms with Gasteiger partial charge in [0.25, 0.3) is 0 Å². The van der Waals surface area contributed by atoms with Gasteiger partial charge in [-0.15, -0.1) is 0 Å². The van der Waals surface area contributed by atoms with Crippen LogP contribution in [0.5, 0.6) is 0 Å². The van der Waals surface area contributed by atoms with Crippen molar-refractivity contribution in [3.8, 4) is 0 Å². The topological polar surface area (TPSA) is 61.4 Å². The Morgan fingerprint density at radius 2 is 1.12 bits per heavy atom. The molecule has 0 saturated carbocycles. The summed E-state index contributed by atoms with van der Waals surface area (Å²) in [4.78, 5) is 28.0. The summed E-state index contributed by atoms with van der Waals surface area (Å²) in [6.07, 6.45) is 0. The monoisotopic (exact) mass is 449 g/mol. The molecule has 4 rings (SSSR count). The molecule has 0 aromatic heterocycles. The maximum absolute atomic E-state index is 13.3. The first-order valence-corrected chi connectivity index (χ1v) is 11.3. The molecule has 0 atom stereocenters. The van der Waals surface area contributed by atoms with Gasteiger partial charge >= 0.3 is 6.03 Å². The molecule has 0 unspecified atom stereocenters. The number of rotatable bonds is 8. The minimum Gasteiger partial charge on any atom is -0.353 e. The summed E-state index contributed by atoms with van der Waals surface area (Å²) in [5.74, 6) is -0.528. The molecule has 0 bridgehead atoms. The maximum Gasteiger partial charge on any atom is 0.326 e. The molecule has 0 aliphatic rings. The van der Waals surface area contributed by atoms with Gasteiger partial charge in [-0.2, -0.15) is 0 Å². The van der Waals surface area contributed by atoms with E-state index in [1.807, 2.05) is 121 Å². The van der Waals surface area contributed by atoms with Crippen LogP contribution >= 0.6 is 0 Å². The van der Waals surface area contributed by atoms with Crippen LogP contribution in [0, 0.1) is 0 Å². The molecule has 0 heterocycles. The van der Waals surface area contributed by atoms with Crippen LogP contribution in [0.15, 0.2) is 121 Å².